The predicted molar refractivity (Wildman–Crippen MR) is 181 cm³/mol. The number of benzene rings is 4. The van der Waals surface area contributed by atoms with Gasteiger partial charge in [-0.1, -0.05) is 75.8 Å². The van der Waals surface area contributed by atoms with Crippen LogP contribution in [-0.2, 0) is 15.4 Å². The lowest BCUT2D eigenvalue weighted by molar-refractivity contribution is -0.352. The first-order valence-corrected chi connectivity index (χ1v) is 15.6. The summed E-state index contributed by atoms with van der Waals surface area (Å²) in [6, 6.07) is 17.5. The van der Waals surface area contributed by atoms with Crippen molar-refractivity contribution in [2.75, 3.05) is 0 Å². The number of oxime groups is 2. The molecule has 1 N–H and O–H groups in total. The van der Waals surface area contributed by atoms with Gasteiger partial charge in [0.25, 0.3) is 11.7 Å². The molecule has 0 saturated heterocycles. The number of carbonyl (C=O) groups is 1. The first kappa shape index (κ1) is 40.5. The van der Waals surface area contributed by atoms with Crippen LogP contribution in [0, 0.1) is 27.7 Å². The third-order valence-corrected chi connectivity index (χ3v) is 7.86. The highest BCUT2D eigenvalue weighted by atomic mass is 35.5. The number of rotatable bonds is 4. The summed E-state index contributed by atoms with van der Waals surface area (Å²) in [5.74, 6) is -5.33. The van der Waals surface area contributed by atoms with Crippen LogP contribution < -0.4 is 0 Å². The molecule has 0 aliphatic carbocycles. The monoisotopic (exact) mass is 780 g/mol. The van der Waals surface area contributed by atoms with E-state index in [4.69, 9.17) is 61.2 Å². The van der Waals surface area contributed by atoms with Crippen molar-refractivity contribution in [2.24, 2.45) is 10.3 Å². The highest BCUT2D eigenvalue weighted by molar-refractivity contribution is 6.35. The lowest BCUT2D eigenvalue weighted by Gasteiger charge is -2.28. The molecular formula is C34H26Cl4F6N2O4. The molecule has 266 valence electrons. The lowest BCUT2D eigenvalue weighted by Crippen LogP contribution is -2.44. The molecule has 0 amide bonds. The number of halogens is 10. The molecule has 1 heterocycles. The molecule has 0 saturated carbocycles. The van der Waals surface area contributed by atoms with Crippen molar-refractivity contribution in [2.45, 2.75) is 45.8 Å². The molecule has 0 aromatic heterocycles. The van der Waals surface area contributed by atoms with Gasteiger partial charge in [0.1, 0.15) is 0 Å². The van der Waals surface area contributed by atoms with Crippen molar-refractivity contribution < 1.29 is 45.9 Å². The van der Waals surface area contributed by atoms with Gasteiger partial charge in [-0.15, -0.1) is 0 Å². The molecule has 16 heteroatoms. The van der Waals surface area contributed by atoms with E-state index in [0.717, 1.165) is 41.0 Å². The first-order chi connectivity index (χ1) is 23.2. The number of nitrogens with zero attached hydrogens (tertiary/aromatic N) is 2. The van der Waals surface area contributed by atoms with Crippen LogP contribution in [0.4, 0.5) is 26.3 Å². The minimum atomic E-state index is -4.91. The summed E-state index contributed by atoms with van der Waals surface area (Å²) >= 11 is 22.5. The van der Waals surface area contributed by atoms with Gasteiger partial charge < -0.3 is 14.8 Å². The van der Waals surface area contributed by atoms with Crippen molar-refractivity contribution in [3.8, 4) is 0 Å². The van der Waals surface area contributed by atoms with Gasteiger partial charge in [-0.25, -0.2) is 0 Å². The van der Waals surface area contributed by atoms with Gasteiger partial charge in [0.2, 0.25) is 0 Å². The van der Waals surface area contributed by atoms with E-state index in [1.807, 2.05) is 39.0 Å². The maximum Gasteiger partial charge on any atom is 0.475 e. The summed E-state index contributed by atoms with van der Waals surface area (Å²) in [7, 11) is 0. The molecule has 0 radical (unpaired) electrons. The number of hydrogen-bond donors (Lipinski definition) is 1. The quantitative estimate of drug-likeness (QED) is 0.0735. The summed E-state index contributed by atoms with van der Waals surface area (Å²) < 4.78 is 82.4. The van der Waals surface area contributed by atoms with Crippen LogP contribution in [0.2, 0.25) is 20.1 Å². The van der Waals surface area contributed by atoms with E-state index < -0.39 is 29.5 Å². The van der Waals surface area contributed by atoms with Crippen molar-refractivity contribution in [1.82, 2.24) is 0 Å². The van der Waals surface area contributed by atoms with Crippen LogP contribution in [0.5, 0.6) is 0 Å². The summed E-state index contributed by atoms with van der Waals surface area (Å²) in [5.41, 5.74) is 4.70. The molecule has 4 aromatic rings. The van der Waals surface area contributed by atoms with Crippen molar-refractivity contribution in [1.29, 1.82) is 0 Å². The molecule has 1 unspecified atom stereocenters. The Labute approximate surface area is 302 Å². The van der Waals surface area contributed by atoms with Crippen LogP contribution in [0.15, 0.2) is 83.1 Å². The number of hydrogen-bond acceptors (Lipinski definition) is 6. The van der Waals surface area contributed by atoms with Gasteiger partial charge >= 0.3 is 18.1 Å². The zero-order chi connectivity index (χ0) is 37.6. The maximum absolute atomic E-state index is 13.8. The fourth-order valence-corrected chi connectivity index (χ4v) is 5.21. The average molecular weight is 782 g/mol. The van der Waals surface area contributed by atoms with Crippen molar-refractivity contribution >= 4 is 64.3 Å². The summed E-state index contributed by atoms with van der Waals surface area (Å²) in [5, 5.41) is 14.8. The molecule has 1 aliphatic rings. The van der Waals surface area contributed by atoms with E-state index in [9.17, 15) is 31.1 Å². The van der Waals surface area contributed by atoms with E-state index >= 15 is 0 Å². The van der Waals surface area contributed by atoms with Gasteiger partial charge in [-0.05, 0) is 109 Å². The van der Waals surface area contributed by atoms with Crippen molar-refractivity contribution in [3.63, 3.8) is 0 Å². The number of ether oxygens (including phenoxy) is 1. The van der Waals surface area contributed by atoms with E-state index in [2.05, 4.69) is 17.2 Å². The van der Waals surface area contributed by atoms with Gasteiger partial charge in [0.15, 0.2) is 0 Å². The van der Waals surface area contributed by atoms with Crippen LogP contribution in [0.25, 0.3) is 0 Å². The molecule has 4 aromatic carbocycles. The van der Waals surface area contributed by atoms with E-state index in [1.54, 1.807) is 18.2 Å². The van der Waals surface area contributed by atoms with Gasteiger partial charge in [0, 0.05) is 31.2 Å². The molecule has 5 rings (SSSR count). The Morgan fingerprint density at radius 3 is 1.70 bits per heavy atom. The SMILES string of the molecule is Cc1ccc(/C=N\O)cc1C.Cc1ccc(C2=NOC(c3cc(Cl)cc(Cl)c3)(C(F)(F)F)O2)cc1C.O=C(c1cc(Cl)cc(Cl)c1)C(F)(F)F. The predicted octanol–water partition coefficient (Wildman–Crippen LogP) is 11.6. The first-order valence-electron chi connectivity index (χ1n) is 14.0. The molecule has 1 aliphatic heterocycles. The summed E-state index contributed by atoms with van der Waals surface area (Å²) in [6.45, 7) is 7.81. The average Bonchev–Trinajstić information content (AvgIpc) is 3.47. The Hall–Kier alpha value is -3.97. The molecule has 6 nitrogen and oxygen atoms in total. The fraction of sp³-hybridized carbons (Fsp3) is 0.206. The second-order valence-corrected chi connectivity index (χ2v) is 12.5. The smallest absolute Gasteiger partial charge is 0.419 e. The highest BCUT2D eigenvalue weighted by Gasteiger charge is 2.65. The fourth-order valence-electron chi connectivity index (χ4n) is 4.15. The Morgan fingerprint density at radius 2 is 1.24 bits per heavy atom. The van der Waals surface area contributed by atoms with Crippen LogP contribution in [-0.4, -0.2) is 35.5 Å². The third-order valence-electron chi connectivity index (χ3n) is 6.99. The molecule has 1 atom stereocenters. The number of aryl methyl sites for hydroxylation is 4. The lowest BCUT2D eigenvalue weighted by atomic mass is 10.0. The summed E-state index contributed by atoms with van der Waals surface area (Å²) in [6.07, 6.45) is -8.40. The molecular weight excluding hydrogens is 756 g/mol. The van der Waals surface area contributed by atoms with Crippen LogP contribution in [0.3, 0.4) is 0 Å². The largest absolute Gasteiger partial charge is 0.475 e. The second-order valence-electron chi connectivity index (χ2n) is 10.7. The molecule has 50 heavy (non-hydrogen) atoms. The van der Waals surface area contributed by atoms with E-state index in [1.165, 1.54) is 29.5 Å². The number of alkyl halides is 6. The third kappa shape index (κ3) is 10.3. The number of carbonyl (C=O) groups excluding carboxylic acids is 1. The molecule has 0 bridgehead atoms. The van der Waals surface area contributed by atoms with Gasteiger partial charge in [-0.3, -0.25) is 4.79 Å². The van der Waals surface area contributed by atoms with Gasteiger partial charge in [0.05, 0.1) is 11.8 Å². The van der Waals surface area contributed by atoms with Crippen molar-refractivity contribution in [3.05, 3.63) is 137 Å². The maximum atomic E-state index is 13.8. The number of Topliss-reactive ketones (excluding diaryl/α,β-unsaturated/α-hetero) is 1. The Kier molecular flexibility index (Phi) is 13.2. The highest BCUT2D eigenvalue weighted by Crippen LogP contribution is 2.48. The minimum Gasteiger partial charge on any atom is -0.419 e. The van der Waals surface area contributed by atoms with Gasteiger partial charge in [-0.2, -0.15) is 26.3 Å². The topological polar surface area (TPSA) is 80.5 Å². The normalized spacial score (nSPS) is 15.6. The Balaban J connectivity index is 0.000000228. The molecule has 0 spiro atoms. The standard InChI is InChI=1S/C17H12Cl2F3NO2.C9H11NO.C8H3Cl2F3O/c1-9-3-4-11(5-10(9)2)15-23-25-16(24-15,17(20,21)22)12-6-13(18)8-14(19)7-12;1-7-3-4-9(6-10-11)5-8(7)2;9-5-1-4(2-6(10)3-5)7(14)8(11,12)13/h3-8H,1-2H3;3-6,11H,1-2H3;1-3H/b;10-6-;. The minimum absolute atomic E-state index is 0.00917. The summed E-state index contributed by atoms with van der Waals surface area (Å²) in [4.78, 5) is 15.5. The second kappa shape index (κ2) is 16.4. The van der Waals surface area contributed by atoms with Crippen LogP contribution >= 0.6 is 46.4 Å². The zero-order valence-corrected chi connectivity index (χ0v) is 29.4. The Bertz CT molecular complexity index is 1890. The Morgan fingerprint density at radius 1 is 0.740 bits per heavy atom. The molecule has 0 fully saturated rings. The zero-order valence-electron chi connectivity index (χ0n) is 26.4. The number of ketones is 1. The van der Waals surface area contributed by atoms with E-state index in [-0.39, 0.29) is 31.6 Å². The van der Waals surface area contributed by atoms with E-state index in [0.29, 0.717) is 5.56 Å². The van der Waals surface area contributed by atoms with Crippen LogP contribution in [0.1, 0.15) is 49.3 Å².